The molecule has 0 spiro atoms. The average Bonchev–Trinajstić information content (AvgIpc) is 2.52. The van der Waals surface area contributed by atoms with E-state index in [1.807, 2.05) is 0 Å². The minimum Gasteiger partial charge on any atom is -0.313 e. The van der Waals surface area contributed by atoms with Crippen LogP contribution in [0.3, 0.4) is 0 Å². The number of nitrogens with one attached hydrogen (secondary N) is 1. The summed E-state index contributed by atoms with van der Waals surface area (Å²) in [6.45, 7) is 0.883. The third kappa shape index (κ3) is 3.26. The first-order valence-electron chi connectivity index (χ1n) is 5.45. The Morgan fingerprint density at radius 3 is 2.35 bits per heavy atom. The summed E-state index contributed by atoms with van der Waals surface area (Å²) in [5.74, 6) is -1.15. The van der Waals surface area contributed by atoms with Crippen LogP contribution < -0.4 is 5.32 Å². The summed E-state index contributed by atoms with van der Waals surface area (Å²) in [5, 5.41) is 3.27. The Bertz CT molecular complexity index is 306. The molecule has 2 rings (SSSR count). The fraction of sp³-hybridized carbons (Fsp3) is 1.00. The van der Waals surface area contributed by atoms with E-state index in [1.54, 1.807) is 0 Å². The third-order valence-electron chi connectivity index (χ3n) is 3.32. The minimum atomic E-state index is -2.86. The summed E-state index contributed by atoms with van der Waals surface area (Å²) in [6, 6.07) is 0.119. The van der Waals surface area contributed by atoms with Crippen LogP contribution >= 0.6 is 16.5 Å². The summed E-state index contributed by atoms with van der Waals surface area (Å²) >= 11 is 0. The van der Waals surface area contributed by atoms with Gasteiger partial charge in [-0.1, -0.05) is 9.05 Å². The summed E-state index contributed by atoms with van der Waals surface area (Å²) in [4.78, 5) is 17.7. The van der Waals surface area contributed by atoms with Gasteiger partial charge in [-0.3, -0.25) is 0 Å². The van der Waals surface area contributed by atoms with Crippen LogP contribution in [0.1, 0.15) is 25.7 Å². The molecule has 0 radical (unpaired) electrons. The van der Waals surface area contributed by atoms with Crippen LogP contribution in [0.5, 0.6) is 0 Å². The van der Waals surface area contributed by atoms with Crippen molar-refractivity contribution in [1.29, 1.82) is 0 Å². The number of piperidine rings is 1. The molecule has 9 heteroatoms. The first kappa shape index (κ1) is 13.4. The van der Waals surface area contributed by atoms with Gasteiger partial charge in [0.2, 0.25) is 0 Å². The quantitative estimate of drug-likeness (QED) is 0.525. The molecule has 4 atom stereocenters. The van der Waals surface area contributed by atoms with Crippen LogP contribution in [0.2, 0.25) is 0 Å². The monoisotopic (exact) mass is 283 g/mol. The maximum atomic E-state index is 10.8. The molecule has 0 amide bonds. The first-order chi connectivity index (χ1) is 8.01. The molecular weight excluding hydrogens is 268 g/mol. The highest BCUT2D eigenvalue weighted by atomic mass is 31.1. The van der Waals surface area contributed by atoms with E-state index >= 15 is 0 Å². The summed E-state index contributed by atoms with van der Waals surface area (Å²) in [7, 11) is -5.72. The van der Waals surface area contributed by atoms with Crippen LogP contribution in [0.4, 0.5) is 0 Å². The molecule has 0 aromatic heterocycles. The SMILES string of the molecule is O=[P+](O)OC1(O[P+](=O)O)C[C@@H]2CCCN[C@@H]2C1. The van der Waals surface area contributed by atoms with Crippen LogP contribution in [0.15, 0.2) is 0 Å². The third-order valence-corrected chi connectivity index (χ3v) is 4.30. The summed E-state index contributed by atoms with van der Waals surface area (Å²) in [6.07, 6.45) is 2.68. The lowest BCUT2D eigenvalue weighted by Gasteiger charge is -2.25. The lowest BCUT2D eigenvalue weighted by molar-refractivity contribution is -0.112. The van der Waals surface area contributed by atoms with E-state index < -0.39 is 22.3 Å². The van der Waals surface area contributed by atoms with E-state index in [4.69, 9.17) is 18.8 Å². The molecule has 1 aliphatic heterocycles. The van der Waals surface area contributed by atoms with Crippen LogP contribution in [-0.4, -0.2) is 28.2 Å². The van der Waals surface area contributed by atoms with Crippen molar-refractivity contribution in [3.05, 3.63) is 0 Å². The maximum absolute atomic E-state index is 10.8. The van der Waals surface area contributed by atoms with Gasteiger partial charge in [-0.2, -0.15) is 0 Å². The zero-order valence-corrected chi connectivity index (χ0v) is 10.9. The van der Waals surface area contributed by atoms with Crippen molar-refractivity contribution in [2.45, 2.75) is 37.5 Å². The molecule has 0 bridgehead atoms. The van der Waals surface area contributed by atoms with Gasteiger partial charge in [-0.15, -0.1) is 9.79 Å². The van der Waals surface area contributed by atoms with E-state index in [0.29, 0.717) is 12.8 Å². The zero-order chi connectivity index (χ0) is 12.5. The molecule has 1 saturated heterocycles. The minimum absolute atomic E-state index is 0.119. The van der Waals surface area contributed by atoms with Gasteiger partial charge in [-0.25, -0.2) is 0 Å². The van der Waals surface area contributed by atoms with E-state index in [0.717, 1.165) is 19.4 Å². The second kappa shape index (κ2) is 5.33. The molecule has 7 nitrogen and oxygen atoms in total. The van der Waals surface area contributed by atoms with Gasteiger partial charge in [0, 0.05) is 28.0 Å². The normalized spacial score (nSPS) is 38.7. The zero-order valence-electron chi connectivity index (χ0n) is 9.11. The lowest BCUT2D eigenvalue weighted by Crippen LogP contribution is -2.38. The van der Waals surface area contributed by atoms with E-state index in [9.17, 15) is 9.13 Å². The second-order valence-electron chi connectivity index (χ2n) is 4.44. The Morgan fingerprint density at radius 2 is 1.82 bits per heavy atom. The molecule has 2 fully saturated rings. The Balaban J connectivity index is 2.11. The highest BCUT2D eigenvalue weighted by Gasteiger charge is 2.58. The van der Waals surface area contributed by atoms with Crippen molar-refractivity contribution >= 4 is 16.5 Å². The molecule has 2 aliphatic rings. The molecule has 96 valence electrons. The molecule has 1 saturated carbocycles. The van der Waals surface area contributed by atoms with Crippen LogP contribution in [-0.2, 0) is 18.2 Å². The largest absolute Gasteiger partial charge is 0.697 e. The molecular formula is C8H15NO6P2+2. The predicted octanol–water partition coefficient (Wildman–Crippen LogP) is 1.18. The number of hydrogen-bond donors (Lipinski definition) is 3. The van der Waals surface area contributed by atoms with E-state index in [-0.39, 0.29) is 12.0 Å². The van der Waals surface area contributed by atoms with E-state index in [2.05, 4.69) is 5.32 Å². The molecule has 1 heterocycles. The van der Waals surface area contributed by atoms with Crippen molar-refractivity contribution in [2.75, 3.05) is 6.54 Å². The van der Waals surface area contributed by atoms with Gasteiger partial charge in [0.25, 0.3) is 5.79 Å². The Labute approximate surface area is 100 Å². The number of hydrogen-bond acceptors (Lipinski definition) is 5. The van der Waals surface area contributed by atoms with Crippen LogP contribution in [0, 0.1) is 5.92 Å². The fourth-order valence-corrected chi connectivity index (χ4v) is 3.77. The van der Waals surface area contributed by atoms with E-state index in [1.165, 1.54) is 0 Å². The van der Waals surface area contributed by atoms with Gasteiger partial charge in [0.15, 0.2) is 0 Å². The van der Waals surface area contributed by atoms with Gasteiger partial charge < -0.3 is 5.32 Å². The van der Waals surface area contributed by atoms with Gasteiger partial charge in [0.1, 0.15) is 0 Å². The van der Waals surface area contributed by atoms with Crippen molar-refractivity contribution in [3.63, 3.8) is 0 Å². The molecule has 3 N–H and O–H groups in total. The standard InChI is InChI=1S/C8H13NO6P2/c10-16(11)14-8(15-17(12)13)4-6-2-1-3-9-7(6)5-8/h6-7,9H,1-5H2/p+2/t6-,7+/m0/s1. The highest BCUT2D eigenvalue weighted by Crippen LogP contribution is 2.49. The average molecular weight is 283 g/mol. The first-order valence-corrected chi connectivity index (χ1v) is 7.71. The van der Waals surface area contributed by atoms with Gasteiger partial charge in [-0.05, 0) is 25.3 Å². The smallest absolute Gasteiger partial charge is 0.313 e. The second-order valence-corrected chi connectivity index (χ2v) is 5.76. The van der Waals surface area contributed by atoms with Crippen molar-refractivity contribution in [2.24, 2.45) is 5.92 Å². The maximum Gasteiger partial charge on any atom is 0.697 e. The molecule has 0 aromatic rings. The predicted molar refractivity (Wildman–Crippen MR) is 58.3 cm³/mol. The van der Waals surface area contributed by atoms with Crippen molar-refractivity contribution < 1.29 is 28.0 Å². The molecule has 1 aliphatic carbocycles. The van der Waals surface area contributed by atoms with Crippen molar-refractivity contribution in [1.82, 2.24) is 5.32 Å². The fourth-order valence-electron chi connectivity index (χ4n) is 2.77. The van der Waals surface area contributed by atoms with Gasteiger partial charge in [0.05, 0.1) is 0 Å². The highest BCUT2D eigenvalue weighted by molar-refractivity contribution is 7.33. The Morgan fingerprint density at radius 1 is 1.18 bits per heavy atom. The van der Waals surface area contributed by atoms with Crippen molar-refractivity contribution in [3.8, 4) is 0 Å². The summed E-state index contributed by atoms with van der Waals surface area (Å²) < 4.78 is 31.3. The lowest BCUT2D eigenvalue weighted by atomic mass is 9.94. The summed E-state index contributed by atoms with van der Waals surface area (Å²) in [5.41, 5.74) is 0. The van der Waals surface area contributed by atoms with Gasteiger partial charge >= 0.3 is 16.5 Å². The number of fused-ring (bicyclic) bond motifs is 1. The molecule has 17 heavy (non-hydrogen) atoms. The topological polar surface area (TPSA) is 105 Å². The Hall–Kier alpha value is -0.0000000000000000416. The molecule has 0 aromatic carbocycles. The van der Waals surface area contributed by atoms with Crippen LogP contribution in [0.25, 0.3) is 0 Å². The molecule has 2 unspecified atom stereocenters. The number of rotatable bonds is 4. The Kier molecular flexibility index (Phi) is 4.21.